The van der Waals surface area contributed by atoms with E-state index < -0.39 is 0 Å². The molecule has 4 aromatic rings. The SMILES string of the molecule is CNC(=O)c1ccc(N2CCN(Cc3ccc4c(c3)[nH]c(=O)c3c4ccn3C)CC2)cn1. The molecule has 1 aliphatic rings. The Morgan fingerprint density at radius 1 is 1.09 bits per heavy atom. The summed E-state index contributed by atoms with van der Waals surface area (Å²) in [5, 5.41) is 4.65. The number of anilines is 1. The summed E-state index contributed by atoms with van der Waals surface area (Å²) in [6.45, 7) is 4.51. The van der Waals surface area contributed by atoms with Gasteiger partial charge in [0.15, 0.2) is 0 Å². The fraction of sp³-hybridized carbons (Fsp3) is 0.292. The predicted molar refractivity (Wildman–Crippen MR) is 126 cm³/mol. The average Bonchev–Trinajstić information content (AvgIpc) is 3.21. The largest absolute Gasteiger partial charge is 0.368 e. The van der Waals surface area contributed by atoms with E-state index in [4.69, 9.17) is 0 Å². The number of pyridine rings is 2. The Kier molecular flexibility index (Phi) is 5.14. The number of aromatic amines is 1. The Morgan fingerprint density at radius 3 is 2.62 bits per heavy atom. The predicted octanol–water partition coefficient (Wildman–Crippen LogP) is 2.10. The molecule has 0 aliphatic carbocycles. The fourth-order valence-corrected chi connectivity index (χ4v) is 4.50. The highest BCUT2D eigenvalue weighted by molar-refractivity contribution is 6.04. The first-order chi connectivity index (χ1) is 15.5. The Labute approximate surface area is 185 Å². The van der Waals surface area contributed by atoms with Crippen LogP contribution in [0.5, 0.6) is 0 Å². The van der Waals surface area contributed by atoms with Crippen molar-refractivity contribution in [3.8, 4) is 0 Å². The fourth-order valence-electron chi connectivity index (χ4n) is 4.50. The molecular formula is C24H26N6O2. The van der Waals surface area contributed by atoms with Gasteiger partial charge in [0.2, 0.25) is 0 Å². The van der Waals surface area contributed by atoms with Crippen LogP contribution in [-0.4, -0.2) is 58.6 Å². The molecule has 0 atom stereocenters. The number of piperazine rings is 1. The van der Waals surface area contributed by atoms with Gasteiger partial charge in [0.05, 0.1) is 11.9 Å². The number of nitrogens with one attached hydrogen (secondary N) is 2. The Balaban J connectivity index is 1.27. The van der Waals surface area contributed by atoms with Crippen molar-refractivity contribution in [2.24, 2.45) is 7.05 Å². The minimum atomic E-state index is -0.175. The van der Waals surface area contributed by atoms with Crippen LogP contribution < -0.4 is 15.8 Å². The second-order valence-electron chi connectivity index (χ2n) is 8.27. The van der Waals surface area contributed by atoms with E-state index in [2.05, 4.69) is 43.3 Å². The van der Waals surface area contributed by atoms with Crippen LogP contribution in [-0.2, 0) is 13.6 Å². The van der Waals surface area contributed by atoms with E-state index in [-0.39, 0.29) is 11.5 Å². The topological polar surface area (TPSA) is 86.3 Å². The minimum Gasteiger partial charge on any atom is -0.368 e. The first-order valence-electron chi connectivity index (χ1n) is 10.8. The van der Waals surface area contributed by atoms with Gasteiger partial charge in [0, 0.05) is 69.3 Å². The number of fused-ring (bicyclic) bond motifs is 3. The zero-order valence-corrected chi connectivity index (χ0v) is 18.3. The molecule has 164 valence electrons. The number of carbonyl (C=O) groups excluding carboxylic acids is 1. The van der Waals surface area contributed by atoms with Crippen LogP contribution in [0.4, 0.5) is 5.69 Å². The first kappa shape index (κ1) is 20.3. The standard InChI is InChI=1S/C24H26N6O2/c1-25-23(31)20-6-4-17(14-26-20)30-11-9-29(10-12-30)15-16-3-5-18-19-7-8-28(2)22(19)24(32)27-21(18)13-16/h3-8,13-14H,9-12,15H2,1-2H3,(H,25,31)(H,27,32). The van der Waals surface area contributed by atoms with Crippen molar-refractivity contribution >= 4 is 33.4 Å². The molecular weight excluding hydrogens is 404 g/mol. The van der Waals surface area contributed by atoms with Gasteiger partial charge in [0.25, 0.3) is 11.5 Å². The molecule has 1 amide bonds. The molecule has 5 rings (SSSR count). The third-order valence-corrected chi connectivity index (χ3v) is 6.26. The van der Waals surface area contributed by atoms with Gasteiger partial charge >= 0.3 is 0 Å². The molecule has 0 spiro atoms. The molecule has 4 heterocycles. The van der Waals surface area contributed by atoms with Gasteiger partial charge in [-0.1, -0.05) is 12.1 Å². The molecule has 8 nitrogen and oxygen atoms in total. The maximum absolute atomic E-state index is 12.5. The van der Waals surface area contributed by atoms with Crippen LogP contribution in [0.15, 0.2) is 53.6 Å². The summed E-state index contributed by atoms with van der Waals surface area (Å²) in [7, 11) is 3.50. The van der Waals surface area contributed by atoms with Gasteiger partial charge in [-0.15, -0.1) is 0 Å². The Morgan fingerprint density at radius 2 is 1.91 bits per heavy atom. The average molecular weight is 431 g/mol. The number of amides is 1. The van der Waals surface area contributed by atoms with E-state index in [0.29, 0.717) is 11.2 Å². The lowest BCUT2D eigenvalue weighted by molar-refractivity contribution is 0.0958. The van der Waals surface area contributed by atoms with Crippen molar-refractivity contribution < 1.29 is 4.79 Å². The second kappa shape index (κ2) is 8.12. The molecule has 1 aliphatic heterocycles. The zero-order valence-electron chi connectivity index (χ0n) is 18.3. The van der Waals surface area contributed by atoms with Crippen LogP contribution in [0, 0.1) is 0 Å². The summed E-state index contributed by atoms with van der Waals surface area (Å²) < 4.78 is 1.86. The maximum Gasteiger partial charge on any atom is 0.272 e. The zero-order chi connectivity index (χ0) is 22.2. The molecule has 1 aromatic carbocycles. The summed E-state index contributed by atoms with van der Waals surface area (Å²) >= 11 is 0. The summed E-state index contributed by atoms with van der Waals surface area (Å²) in [6.07, 6.45) is 3.69. The molecule has 0 radical (unpaired) electrons. The number of nitrogens with zero attached hydrogens (tertiary/aromatic N) is 4. The van der Waals surface area contributed by atoms with Crippen molar-refractivity contribution in [2.75, 3.05) is 38.1 Å². The number of aryl methyl sites for hydroxylation is 1. The number of benzene rings is 1. The highest BCUT2D eigenvalue weighted by Gasteiger charge is 2.18. The maximum atomic E-state index is 12.5. The number of rotatable bonds is 4. The van der Waals surface area contributed by atoms with Crippen LogP contribution in [0.1, 0.15) is 16.1 Å². The van der Waals surface area contributed by atoms with E-state index in [9.17, 15) is 9.59 Å². The molecule has 8 heteroatoms. The third kappa shape index (κ3) is 3.62. The number of carbonyl (C=O) groups is 1. The van der Waals surface area contributed by atoms with E-state index >= 15 is 0 Å². The summed E-state index contributed by atoms with van der Waals surface area (Å²) in [4.78, 5) is 36.2. The van der Waals surface area contributed by atoms with Crippen LogP contribution in [0.3, 0.4) is 0 Å². The van der Waals surface area contributed by atoms with Gasteiger partial charge in [0.1, 0.15) is 11.2 Å². The van der Waals surface area contributed by atoms with E-state index in [1.54, 1.807) is 19.3 Å². The lowest BCUT2D eigenvalue weighted by Gasteiger charge is -2.36. The van der Waals surface area contributed by atoms with Gasteiger partial charge in [-0.25, -0.2) is 4.98 Å². The van der Waals surface area contributed by atoms with Crippen LogP contribution >= 0.6 is 0 Å². The van der Waals surface area contributed by atoms with Crippen LogP contribution in [0.25, 0.3) is 21.8 Å². The summed E-state index contributed by atoms with van der Waals surface area (Å²) in [5.41, 5.74) is 4.19. The number of hydrogen-bond donors (Lipinski definition) is 2. The van der Waals surface area contributed by atoms with Gasteiger partial charge in [-0.2, -0.15) is 0 Å². The number of aromatic nitrogens is 3. The smallest absolute Gasteiger partial charge is 0.272 e. The lowest BCUT2D eigenvalue weighted by atomic mass is 10.1. The lowest BCUT2D eigenvalue weighted by Crippen LogP contribution is -2.46. The highest BCUT2D eigenvalue weighted by Crippen LogP contribution is 2.24. The quantitative estimate of drug-likeness (QED) is 0.518. The van der Waals surface area contributed by atoms with Crippen molar-refractivity contribution in [2.45, 2.75) is 6.54 Å². The highest BCUT2D eigenvalue weighted by atomic mass is 16.1. The molecule has 2 N–H and O–H groups in total. The normalized spacial score (nSPS) is 14.9. The second-order valence-corrected chi connectivity index (χ2v) is 8.27. The molecule has 1 saturated heterocycles. The molecule has 0 saturated carbocycles. The number of H-pyrrole nitrogens is 1. The van der Waals surface area contributed by atoms with Gasteiger partial charge in [-0.05, 0) is 29.8 Å². The Bertz CT molecular complexity index is 1350. The summed E-state index contributed by atoms with van der Waals surface area (Å²) in [5.74, 6) is -0.175. The van der Waals surface area contributed by atoms with Gasteiger partial charge in [-0.3, -0.25) is 14.5 Å². The first-order valence-corrected chi connectivity index (χ1v) is 10.8. The van der Waals surface area contributed by atoms with E-state index in [0.717, 1.165) is 54.7 Å². The molecule has 32 heavy (non-hydrogen) atoms. The third-order valence-electron chi connectivity index (χ3n) is 6.26. The van der Waals surface area contributed by atoms with E-state index in [1.807, 2.05) is 29.9 Å². The van der Waals surface area contributed by atoms with Crippen molar-refractivity contribution in [3.63, 3.8) is 0 Å². The molecule has 0 unspecified atom stereocenters. The van der Waals surface area contributed by atoms with Crippen molar-refractivity contribution in [3.05, 3.63) is 70.4 Å². The van der Waals surface area contributed by atoms with Crippen LogP contribution in [0.2, 0.25) is 0 Å². The molecule has 0 bridgehead atoms. The van der Waals surface area contributed by atoms with E-state index in [1.165, 1.54) is 5.56 Å². The monoisotopic (exact) mass is 430 g/mol. The van der Waals surface area contributed by atoms with Crippen molar-refractivity contribution in [1.29, 1.82) is 0 Å². The molecule has 1 fully saturated rings. The van der Waals surface area contributed by atoms with Crippen molar-refractivity contribution in [1.82, 2.24) is 24.8 Å². The summed E-state index contributed by atoms with van der Waals surface area (Å²) in [6, 6.07) is 12.1. The minimum absolute atomic E-state index is 0.0539. The van der Waals surface area contributed by atoms with Gasteiger partial charge < -0.3 is 19.8 Å². The molecule has 3 aromatic heterocycles. The number of hydrogen-bond acceptors (Lipinski definition) is 5. The Hall–Kier alpha value is -3.65.